The minimum Gasteiger partial charge on any atom is -0.482 e. The highest BCUT2D eigenvalue weighted by molar-refractivity contribution is 5.95. The zero-order valence-electron chi connectivity index (χ0n) is 11.8. The number of rotatable bonds is 4. The van der Waals surface area contributed by atoms with Crippen molar-refractivity contribution >= 4 is 11.6 Å². The Hall–Kier alpha value is -2.40. The average Bonchev–Trinajstić information content (AvgIpc) is 2.53. The summed E-state index contributed by atoms with van der Waals surface area (Å²) in [5.41, 5.74) is 2.97. The third-order valence-corrected chi connectivity index (χ3v) is 3.47. The van der Waals surface area contributed by atoms with Crippen molar-refractivity contribution in [1.82, 2.24) is 10.3 Å². The molecule has 0 bridgehead atoms. The predicted octanol–water partition coefficient (Wildman–Crippen LogP) is 2.26. The average molecular weight is 283 g/mol. The number of fused-ring (bicyclic) bond motifs is 1. The number of amides is 1. The molecule has 1 aromatic carbocycles. The van der Waals surface area contributed by atoms with Crippen molar-refractivity contribution in [2.75, 3.05) is 11.9 Å². The van der Waals surface area contributed by atoms with Gasteiger partial charge in [0, 0.05) is 25.0 Å². The van der Waals surface area contributed by atoms with Gasteiger partial charge >= 0.3 is 0 Å². The number of carbonyl (C=O) groups excluding carboxylic acids is 1. The van der Waals surface area contributed by atoms with Gasteiger partial charge in [-0.2, -0.15) is 0 Å². The Balaban J connectivity index is 1.66. The van der Waals surface area contributed by atoms with E-state index in [9.17, 15) is 4.79 Å². The molecule has 0 fully saturated rings. The van der Waals surface area contributed by atoms with Crippen LogP contribution >= 0.6 is 0 Å². The summed E-state index contributed by atoms with van der Waals surface area (Å²) in [6.45, 7) is 2.89. The monoisotopic (exact) mass is 283 g/mol. The molecule has 3 rings (SSSR count). The van der Waals surface area contributed by atoms with Gasteiger partial charge in [-0.3, -0.25) is 9.78 Å². The van der Waals surface area contributed by atoms with Crippen molar-refractivity contribution in [3.05, 3.63) is 53.9 Å². The first-order valence-electron chi connectivity index (χ1n) is 6.91. The van der Waals surface area contributed by atoms with Gasteiger partial charge in [-0.1, -0.05) is 12.1 Å². The molecule has 0 spiro atoms. The van der Waals surface area contributed by atoms with Crippen molar-refractivity contribution in [2.45, 2.75) is 19.5 Å². The summed E-state index contributed by atoms with van der Waals surface area (Å²) >= 11 is 0. The Kier molecular flexibility index (Phi) is 3.83. The van der Waals surface area contributed by atoms with Crippen LogP contribution in [0.3, 0.4) is 0 Å². The largest absolute Gasteiger partial charge is 0.482 e. The molecule has 0 saturated heterocycles. The molecule has 2 N–H and O–H groups in total. The summed E-state index contributed by atoms with van der Waals surface area (Å²) < 4.78 is 5.34. The minimum atomic E-state index is -0.115. The predicted molar refractivity (Wildman–Crippen MR) is 80.1 cm³/mol. The van der Waals surface area contributed by atoms with Gasteiger partial charge in [-0.25, -0.2) is 0 Å². The Morgan fingerprint density at radius 3 is 3.14 bits per heavy atom. The smallest absolute Gasteiger partial charge is 0.262 e. The topological polar surface area (TPSA) is 63.2 Å². The van der Waals surface area contributed by atoms with Crippen molar-refractivity contribution in [3.8, 4) is 5.75 Å². The van der Waals surface area contributed by atoms with Crippen molar-refractivity contribution in [1.29, 1.82) is 0 Å². The molecule has 1 atom stereocenters. The SMILES string of the molecule is C[C@H](NCc1ccc2c(c1)NC(=O)CO2)c1cccnc1. The fraction of sp³-hybridized carbons (Fsp3) is 0.250. The van der Waals surface area contributed by atoms with E-state index in [4.69, 9.17) is 4.74 Å². The number of pyridine rings is 1. The molecular formula is C16H17N3O2. The summed E-state index contributed by atoms with van der Waals surface area (Å²) in [4.78, 5) is 15.5. The number of hydrogen-bond acceptors (Lipinski definition) is 4. The van der Waals surface area contributed by atoms with Crippen LogP contribution in [-0.2, 0) is 11.3 Å². The van der Waals surface area contributed by atoms with Crippen molar-refractivity contribution in [2.24, 2.45) is 0 Å². The van der Waals surface area contributed by atoms with Crippen LogP contribution < -0.4 is 15.4 Å². The van der Waals surface area contributed by atoms with E-state index in [1.807, 2.05) is 36.5 Å². The molecule has 108 valence electrons. The van der Waals surface area contributed by atoms with Crippen LogP contribution in [0, 0.1) is 0 Å². The fourth-order valence-electron chi connectivity index (χ4n) is 2.26. The number of anilines is 1. The number of hydrogen-bond donors (Lipinski definition) is 2. The van der Waals surface area contributed by atoms with Crippen molar-refractivity contribution < 1.29 is 9.53 Å². The van der Waals surface area contributed by atoms with Crippen LogP contribution in [0.25, 0.3) is 0 Å². The second-order valence-electron chi connectivity index (χ2n) is 5.06. The molecule has 1 aromatic heterocycles. The summed E-state index contributed by atoms with van der Waals surface area (Å²) in [5, 5.41) is 6.26. The zero-order valence-corrected chi connectivity index (χ0v) is 11.8. The molecule has 2 aromatic rings. The number of nitrogens with zero attached hydrogens (tertiary/aromatic N) is 1. The Bertz CT molecular complexity index is 643. The summed E-state index contributed by atoms with van der Waals surface area (Å²) in [7, 11) is 0. The van der Waals surface area contributed by atoms with Gasteiger partial charge in [-0.15, -0.1) is 0 Å². The highest BCUT2D eigenvalue weighted by Crippen LogP contribution is 2.28. The maximum Gasteiger partial charge on any atom is 0.262 e. The molecule has 0 saturated carbocycles. The number of ether oxygens (including phenoxy) is 1. The van der Waals surface area contributed by atoms with Gasteiger partial charge in [0.15, 0.2) is 6.61 Å². The van der Waals surface area contributed by atoms with Gasteiger partial charge in [-0.05, 0) is 36.2 Å². The lowest BCUT2D eigenvalue weighted by atomic mass is 10.1. The molecule has 2 heterocycles. The molecule has 1 aliphatic rings. The van der Waals surface area contributed by atoms with E-state index in [1.165, 1.54) is 0 Å². The minimum absolute atomic E-state index is 0.0860. The quantitative estimate of drug-likeness (QED) is 0.903. The van der Waals surface area contributed by atoms with Crippen LogP contribution in [0.5, 0.6) is 5.75 Å². The maximum absolute atomic E-state index is 11.3. The van der Waals surface area contributed by atoms with Gasteiger partial charge in [0.2, 0.25) is 0 Å². The molecular weight excluding hydrogens is 266 g/mol. The molecule has 5 heteroatoms. The molecule has 1 amide bonds. The Morgan fingerprint density at radius 1 is 1.43 bits per heavy atom. The van der Waals surface area contributed by atoms with E-state index in [1.54, 1.807) is 6.20 Å². The fourth-order valence-corrected chi connectivity index (χ4v) is 2.26. The van der Waals surface area contributed by atoms with Gasteiger partial charge in [0.25, 0.3) is 5.91 Å². The van der Waals surface area contributed by atoms with Crippen molar-refractivity contribution in [3.63, 3.8) is 0 Å². The third kappa shape index (κ3) is 3.20. The lowest BCUT2D eigenvalue weighted by Crippen LogP contribution is -2.25. The highest BCUT2D eigenvalue weighted by atomic mass is 16.5. The molecule has 0 unspecified atom stereocenters. The third-order valence-electron chi connectivity index (χ3n) is 3.47. The first-order chi connectivity index (χ1) is 10.2. The second kappa shape index (κ2) is 5.93. The standard InChI is InChI=1S/C16H17N3O2/c1-11(13-3-2-6-17-9-13)18-8-12-4-5-15-14(7-12)19-16(20)10-21-15/h2-7,9,11,18H,8,10H2,1H3,(H,19,20)/t11-/m0/s1. The molecule has 21 heavy (non-hydrogen) atoms. The highest BCUT2D eigenvalue weighted by Gasteiger charge is 2.16. The van der Waals surface area contributed by atoms with Crippen LogP contribution in [0.15, 0.2) is 42.7 Å². The second-order valence-corrected chi connectivity index (χ2v) is 5.06. The molecule has 0 aliphatic carbocycles. The van der Waals surface area contributed by atoms with E-state index >= 15 is 0 Å². The van der Waals surface area contributed by atoms with E-state index in [2.05, 4.69) is 22.5 Å². The summed E-state index contributed by atoms with van der Waals surface area (Å²) in [5.74, 6) is 0.606. The van der Waals surface area contributed by atoms with Crippen LogP contribution in [-0.4, -0.2) is 17.5 Å². The number of aromatic nitrogens is 1. The number of benzene rings is 1. The van der Waals surface area contributed by atoms with E-state index < -0.39 is 0 Å². The van der Waals surface area contributed by atoms with Crippen LogP contribution in [0.4, 0.5) is 5.69 Å². The van der Waals surface area contributed by atoms with Gasteiger partial charge in [0.1, 0.15) is 5.75 Å². The zero-order chi connectivity index (χ0) is 14.7. The van der Waals surface area contributed by atoms with E-state index in [0.717, 1.165) is 22.6 Å². The van der Waals surface area contributed by atoms with Gasteiger partial charge < -0.3 is 15.4 Å². The number of nitrogens with one attached hydrogen (secondary N) is 2. The first-order valence-corrected chi connectivity index (χ1v) is 6.91. The summed E-state index contributed by atoms with van der Waals surface area (Å²) in [6, 6.07) is 10.0. The van der Waals surface area contributed by atoms with E-state index in [0.29, 0.717) is 6.54 Å². The molecule has 5 nitrogen and oxygen atoms in total. The lowest BCUT2D eigenvalue weighted by molar-refractivity contribution is -0.118. The maximum atomic E-state index is 11.3. The van der Waals surface area contributed by atoms with Crippen LogP contribution in [0.1, 0.15) is 24.1 Å². The Morgan fingerprint density at radius 2 is 2.33 bits per heavy atom. The lowest BCUT2D eigenvalue weighted by Gasteiger charge is -2.19. The van der Waals surface area contributed by atoms with Gasteiger partial charge in [0.05, 0.1) is 5.69 Å². The molecule has 0 radical (unpaired) electrons. The molecule has 1 aliphatic heterocycles. The first kappa shape index (κ1) is 13.6. The van der Waals surface area contributed by atoms with Crippen LogP contribution in [0.2, 0.25) is 0 Å². The summed E-state index contributed by atoms with van der Waals surface area (Å²) in [6.07, 6.45) is 3.63. The Labute approximate surface area is 123 Å². The normalized spacial score (nSPS) is 14.8. The van der Waals surface area contributed by atoms with E-state index in [-0.39, 0.29) is 18.6 Å². The number of carbonyl (C=O) groups is 1.